The molecule has 2 aromatic rings. The molecule has 3 heteroatoms. The maximum absolute atomic E-state index is 11.2. The molecule has 1 aliphatic carbocycles. The van der Waals surface area contributed by atoms with Crippen LogP contribution in [0.25, 0.3) is 0 Å². The van der Waals surface area contributed by atoms with Crippen molar-refractivity contribution < 1.29 is 27.4 Å². The molecule has 0 bridgehead atoms. The van der Waals surface area contributed by atoms with Crippen LogP contribution in [-0.2, 0) is 0 Å². The number of aliphatic hydroxyl groups is 1. The Bertz CT molecular complexity index is 707. The summed E-state index contributed by atoms with van der Waals surface area (Å²) in [5.41, 5.74) is 1.35. The zero-order valence-corrected chi connectivity index (χ0v) is 16.2. The van der Waals surface area contributed by atoms with Crippen molar-refractivity contribution in [2.75, 3.05) is 0 Å². The van der Waals surface area contributed by atoms with Crippen LogP contribution in [0.15, 0.2) is 60.7 Å². The minimum absolute atomic E-state index is 0. The van der Waals surface area contributed by atoms with Crippen LogP contribution in [0.4, 0.5) is 0 Å². The Balaban J connectivity index is 0.00000225. The summed E-state index contributed by atoms with van der Waals surface area (Å²) in [6.45, 7) is 2.20. The van der Waals surface area contributed by atoms with E-state index in [1.165, 1.54) is 5.56 Å². The maximum atomic E-state index is 11.2. The van der Waals surface area contributed by atoms with E-state index < -0.39 is 5.60 Å². The van der Waals surface area contributed by atoms with E-state index in [1.54, 1.807) is 0 Å². The van der Waals surface area contributed by atoms with Crippen molar-refractivity contribution >= 4 is 0 Å². The van der Waals surface area contributed by atoms with E-state index in [0.717, 1.165) is 31.2 Å². The summed E-state index contributed by atoms with van der Waals surface area (Å²) in [6, 6.07) is 20.9. The number of benzene rings is 2. The fourth-order valence-electron chi connectivity index (χ4n) is 3.51. The van der Waals surface area contributed by atoms with Crippen LogP contribution < -0.4 is 22.3 Å². The van der Waals surface area contributed by atoms with Gasteiger partial charge in [0.05, 0.1) is 0 Å². The first kappa shape index (κ1) is 19.7. The molecular weight excluding hydrogens is 374 g/mol. The van der Waals surface area contributed by atoms with Crippen molar-refractivity contribution in [2.45, 2.75) is 50.3 Å². The quantitative estimate of drug-likeness (QED) is 0.702. The summed E-state index contributed by atoms with van der Waals surface area (Å²) in [7, 11) is 0. The number of rotatable bonds is 3. The van der Waals surface area contributed by atoms with Gasteiger partial charge < -0.3 is 27.4 Å². The predicted octanol–water partition coefficient (Wildman–Crippen LogP) is 0.0404. The number of hydrogen-bond donors (Lipinski definition) is 2. The third kappa shape index (κ3) is 5.19. The lowest BCUT2D eigenvalue weighted by Gasteiger charge is -2.35. The molecule has 3 atom stereocenters. The minimum Gasteiger partial charge on any atom is -1.00 e. The fourth-order valence-corrected chi connectivity index (χ4v) is 3.51. The molecule has 25 heavy (non-hydrogen) atoms. The maximum Gasteiger partial charge on any atom is 0.177 e. The van der Waals surface area contributed by atoms with Crippen LogP contribution >= 0.6 is 0 Å². The van der Waals surface area contributed by atoms with E-state index in [0.29, 0.717) is 6.04 Å². The average molecular weight is 400 g/mol. The highest BCUT2D eigenvalue weighted by atomic mass is 79.9. The van der Waals surface area contributed by atoms with Crippen molar-refractivity contribution in [3.05, 3.63) is 71.8 Å². The van der Waals surface area contributed by atoms with Gasteiger partial charge in [0.2, 0.25) is 0 Å². The highest BCUT2D eigenvalue weighted by molar-refractivity contribution is 5.36. The van der Waals surface area contributed by atoms with E-state index in [4.69, 9.17) is 0 Å². The van der Waals surface area contributed by atoms with Crippen LogP contribution in [0.5, 0.6) is 0 Å². The van der Waals surface area contributed by atoms with Gasteiger partial charge in [-0.05, 0) is 38.3 Å². The molecule has 0 aliphatic heterocycles. The Labute approximate surface area is 161 Å². The van der Waals surface area contributed by atoms with Gasteiger partial charge in [0.1, 0.15) is 12.1 Å². The van der Waals surface area contributed by atoms with Crippen LogP contribution in [0.1, 0.15) is 49.8 Å². The molecule has 0 radical (unpaired) electrons. The number of hydrogen-bond acceptors (Lipinski definition) is 1. The van der Waals surface area contributed by atoms with Gasteiger partial charge in [-0.2, -0.15) is 0 Å². The second kappa shape index (κ2) is 9.20. The average Bonchev–Trinajstić information content (AvgIpc) is 2.64. The highest BCUT2D eigenvalue weighted by Crippen LogP contribution is 2.27. The molecule has 0 aromatic heterocycles. The molecule has 0 amide bonds. The van der Waals surface area contributed by atoms with Crippen molar-refractivity contribution in [3.63, 3.8) is 0 Å². The Hall–Kier alpha value is -1.60. The summed E-state index contributed by atoms with van der Waals surface area (Å²) in [4.78, 5) is 0. The van der Waals surface area contributed by atoms with E-state index >= 15 is 0 Å². The van der Waals surface area contributed by atoms with E-state index in [1.807, 2.05) is 36.4 Å². The molecule has 1 aliphatic rings. The number of nitrogens with two attached hydrogens (primary N) is 1. The van der Waals surface area contributed by atoms with Gasteiger partial charge in [-0.15, -0.1) is 0 Å². The molecule has 132 valence electrons. The molecular formula is C22H26BrNO. The largest absolute Gasteiger partial charge is 1.00 e. The lowest BCUT2D eigenvalue weighted by Crippen LogP contribution is -3.00. The molecule has 0 spiro atoms. The summed E-state index contributed by atoms with van der Waals surface area (Å²) < 4.78 is 0. The molecule has 1 fully saturated rings. The second-order valence-electron chi connectivity index (χ2n) is 6.78. The van der Waals surface area contributed by atoms with E-state index in [-0.39, 0.29) is 23.0 Å². The number of halogens is 1. The topological polar surface area (TPSA) is 36.8 Å². The van der Waals surface area contributed by atoms with Crippen LogP contribution in [0, 0.1) is 11.8 Å². The normalized spacial score (nSPS) is 23.7. The first-order chi connectivity index (χ1) is 11.7. The zero-order chi connectivity index (χ0) is 16.8. The Morgan fingerprint density at radius 2 is 1.68 bits per heavy atom. The van der Waals surface area contributed by atoms with Crippen molar-refractivity contribution in [3.8, 4) is 11.8 Å². The summed E-state index contributed by atoms with van der Waals surface area (Å²) >= 11 is 0. The zero-order valence-electron chi connectivity index (χ0n) is 14.7. The van der Waals surface area contributed by atoms with Crippen LogP contribution in [0.3, 0.4) is 0 Å². The molecule has 0 saturated heterocycles. The first-order valence-electron chi connectivity index (χ1n) is 8.88. The van der Waals surface area contributed by atoms with Gasteiger partial charge in [-0.1, -0.05) is 60.4 Å². The smallest absolute Gasteiger partial charge is 0.177 e. The van der Waals surface area contributed by atoms with Gasteiger partial charge in [0, 0.05) is 17.5 Å². The molecule has 0 heterocycles. The predicted molar refractivity (Wildman–Crippen MR) is 97.3 cm³/mol. The van der Waals surface area contributed by atoms with Crippen molar-refractivity contribution in [1.29, 1.82) is 0 Å². The summed E-state index contributed by atoms with van der Waals surface area (Å²) in [5.74, 6) is 6.37. The van der Waals surface area contributed by atoms with Crippen LogP contribution in [-0.4, -0.2) is 16.7 Å². The lowest BCUT2D eigenvalue weighted by atomic mass is 9.80. The van der Waals surface area contributed by atoms with Crippen molar-refractivity contribution in [2.24, 2.45) is 0 Å². The lowest BCUT2D eigenvalue weighted by molar-refractivity contribution is -0.737. The Morgan fingerprint density at radius 3 is 2.36 bits per heavy atom. The Kier molecular flexibility index (Phi) is 7.25. The highest BCUT2D eigenvalue weighted by Gasteiger charge is 2.41. The first-order valence-corrected chi connectivity index (χ1v) is 8.88. The minimum atomic E-state index is -0.906. The molecule has 2 aromatic carbocycles. The molecule has 3 N–H and O–H groups in total. The number of quaternary nitrogens is 1. The Morgan fingerprint density at radius 1 is 1.04 bits per heavy atom. The van der Waals surface area contributed by atoms with Gasteiger partial charge in [0.15, 0.2) is 5.60 Å². The summed E-state index contributed by atoms with van der Waals surface area (Å²) in [6.07, 6.45) is 3.98. The molecule has 3 rings (SSSR count). The van der Waals surface area contributed by atoms with Gasteiger partial charge in [-0.25, -0.2) is 0 Å². The third-order valence-corrected chi connectivity index (χ3v) is 4.98. The SMILES string of the molecule is C[C@@H]([NH2+][C@H]1CCCC[C@@]1(O)C#Cc1ccccc1)c1ccccc1.[Br-]. The van der Waals surface area contributed by atoms with E-state index in [9.17, 15) is 5.11 Å². The second-order valence-corrected chi connectivity index (χ2v) is 6.78. The summed E-state index contributed by atoms with van der Waals surface area (Å²) in [5, 5.41) is 13.5. The molecule has 2 nitrogen and oxygen atoms in total. The fraction of sp³-hybridized carbons (Fsp3) is 0.364. The van der Waals surface area contributed by atoms with Gasteiger partial charge in [0.25, 0.3) is 0 Å². The van der Waals surface area contributed by atoms with Crippen LogP contribution in [0.2, 0.25) is 0 Å². The third-order valence-electron chi connectivity index (χ3n) is 4.98. The van der Waals surface area contributed by atoms with Crippen molar-refractivity contribution in [1.82, 2.24) is 0 Å². The molecule has 0 unspecified atom stereocenters. The molecule has 1 saturated carbocycles. The standard InChI is InChI=1S/C22H25NO.BrH/c1-18(20-12-6-3-7-13-20)23-21-14-8-9-16-22(21,24)17-15-19-10-4-2-5-11-19;/h2-7,10-13,18,21,23-24H,8-9,14,16H2,1H3;1H/t18-,21+,22-;/m1./s1. The van der Waals surface area contributed by atoms with E-state index in [2.05, 4.69) is 48.3 Å². The van der Waals surface area contributed by atoms with Gasteiger partial charge in [-0.3, -0.25) is 0 Å². The van der Waals surface area contributed by atoms with Gasteiger partial charge >= 0.3 is 0 Å². The monoisotopic (exact) mass is 399 g/mol.